The minimum atomic E-state index is -6.23. The largest absolute Gasteiger partial charge is 0.743 e. The molecular formula is C7H10F4N2O3S. The third-order valence-electron chi connectivity index (χ3n) is 1.56. The Bertz CT molecular complexity index is 418. The summed E-state index contributed by atoms with van der Waals surface area (Å²) >= 11 is 0. The summed E-state index contributed by atoms with van der Waals surface area (Å²) in [6, 6.07) is 0. The van der Waals surface area contributed by atoms with Gasteiger partial charge in [-0.2, -0.15) is 8.78 Å². The summed E-state index contributed by atoms with van der Waals surface area (Å²) < 4.78 is 74.8. The van der Waals surface area contributed by atoms with E-state index in [4.69, 9.17) is 0 Å². The van der Waals surface area contributed by atoms with E-state index >= 15 is 0 Å². The van der Waals surface area contributed by atoms with Gasteiger partial charge in [0.2, 0.25) is 6.33 Å². The van der Waals surface area contributed by atoms with E-state index in [0.717, 1.165) is 6.54 Å². The summed E-state index contributed by atoms with van der Waals surface area (Å²) in [5.74, 6) is 0. The molecule has 17 heavy (non-hydrogen) atoms. The summed E-state index contributed by atoms with van der Waals surface area (Å²) in [7, 11) is -6.23. The summed E-state index contributed by atoms with van der Waals surface area (Å²) in [6.07, 6.45) is 1.36. The van der Waals surface area contributed by atoms with Gasteiger partial charge in [-0.25, -0.2) is 21.8 Å². The monoisotopic (exact) mass is 278 g/mol. The predicted molar refractivity (Wildman–Crippen MR) is 47.3 cm³/mol. The van der Waals surface area contributed by atoms with Crippen LogP contribution in [0.2, 0.25) is 0 Å². The van der Waals surface area contributed by atoms with Crippen LogP contribution >= 0.6 is 0 Å². The Labute approximate surface area is 94.8 Å². The van der Waals surface area contributed by atoms with Crippen LogP contribution in [-0.4, -0.2) is 29.6 Å². The van der Waals surface area contributed by atoms with E-state index in [1.54, 1.807) is 0 Å². The van der Waals surface area contributed by atoms with Crippen LogP contribution in [0.15, 0.2) is 18.7 Å². The van der Waals surface area contributed by atoms with E-state index in [1.165, 1.54) is 0 Å². The standard InChI is InChI=1S/C5H8N2.C2H2F4O3S/c1-2-7-4-3-6-5-7;3-1(4)2(5,6)10(7,8)9/h3-5H,2H2,1H3;1H,(H,7,8,9). The molecule has 0 radical (unpaired) electrons. The second kappa shape index (κ2) is 5.96. The summed E-state index contributed by atoms with van der Waals surface area (Å²) in [4.78, 5) is 2.94. The van der Waals surface area contributed by atoms with Gasteiger partial charge in [0.15, 0.2) is 10.1 Å². The Kier molecular flexibility index (Phi) is 5.55. The van der Waals surface area contributed by atoms with Crippen LogP contribution in [0.1, 0.15) is 6.92 Å². The smallest absolute Gasteiger partial charge is 0.393 e. The molecule has 0 aromatic carbocycles. The fourth-order valence-corrected chi connectivity index (χ4v) is 0.845. The highest BCUT2D eigenvalue weighted by atomic mass is 32.2. The van der Waals surface area contributed by atoms with Gasteiger partial charge in [0, 0.05) is 0 Å². The van der Waals surface area contributed by atoms with Crippen LogP contribution in [0.25, 0.3) is 0 Å². The number of rotatable bonds is 3. The third kappa shape index (κ3) is 4.69. The molecule has 0 aliphatic heterocycles. The number of hydrogen-bond donors (Lipinski definition) is 1. The number of nitrogens with one attached hydrogen (secondary N) is 1. The zero-order valence-electron chi connectivity index (χ0n) is 8.61. The zero-order valence-corrected chi connectivity index (χ0v) is 9.43. The number of aromatic nitrogens is 2. The number of imidazole rings is 1. The zero-order chi connectivity index (χ0) is 13.7. The van der Waals surface area contributed by atoms with Crippen molar-refractivity contribution in [2.45, 2.75) is 25.1 Å². The topological polar surface area (TPSA) is 76.9 Å². The van der Waals surface area contributed by atoms with Crippen LogP contribution < -0.4 is 4.57 Å². The first kappa shape index (κ1) is 15.8. The number of aromatic amines is 1. The van der Waals surface area contributed by atoms with Crippen molar-refractivity contribution in [3.63, 3.8) is 0 Å². The highest BCUT2D eigenvalue weighted by Gasteiger charge is 2.48. The van der Waals surface area contributed by atoms with Crippen molar-refractivity contribution >= 4 is 10.1 Å². The lowest BCUT2D eigenvalue weighted by molar-refractivity contribution is -0.692. The minimum Gasteiger partial charge on any atom is -0.743 e. The van der Waals surface area contributed by atoms with Crippen molar-refractivity contribution in [2.75, 3.05) is 0 Å². The Balaban J connectivity index is 0.000000318. The van der Waals surface area contributed by atoms with Gasteiger partial charge in [0.25, 0.3) is 0 Å². The number of halogens is 4. The predicted octanol–water partition coefficient (Wildman–Crippen LogP) is 0.712. The molecule has 1 N–H and O–H groups in total. The number of hydrogen-bond acceptors (Lipinski definition) is 3. The molecule has 0 spiro atoms. The SMILES string of the molecule is CC[n+]1cc[nH]c1.O=S(=O)([O-])C(F)(F)C(F)F. The molecule has 10 heteroatoms. The Morgan fingerprint density at radius 1 is 1.47 bits per heavy atom. The van der Waals surface area contributed by atoms with E-state index in [0.29, 0.717) is 0 Å². The molecule has 0 aliphatic carbocycles. The fraction of sp³-hybridized carbons (Fsp3) is 0.571. The van der Waals surface area contributed by atoms with Gasteiger partial charge in [-0.05, 0) is 6.92 Å². The molecule has 0 atom stereocenters. The molecule has 1 aromatic rings. The van der Waals surface area contributed by atoms with Gasteiger partial charge >= 0.3 is 11.7 Å². The van der Waals surface area contributed by atoms with Gasteiger partial charge in [-0.15, -0.1) is 0 Å². The highest BCUT2D eigenvalue weighted by molar-refractivity contribution is 7.86. The van der Waals surface area contributed by atoms with Crippen molar-refractivity contribution in [1.82, 2.24) is 4.98 Å². The normalized spacial score (nSPS) is 12.2. The molecule has 1 heterocycles. The molecule has 0 saturated heterocycles. The maximum atomic E-state index is 11.4. The molecule has 0 bridgehead atoms. The highest BCUT2D eigenvalue weighted by Crippen LogP contribution is 2.27. The van der Waals surface area contributed by atoms with Gasteiger partial charge < -0.3 is 4.55 Å². The van der Waals surface area contributed by atoms with Crippen LogP contribution in [0.3, 0.4) is 0 Å². The fourth-order valence-electron chi connectivity index (χ4n) is 0.626. The Morgan fingerprint density at radius 3 is 2.12 bits per heavy atom. The van der Waals surface area contributed by atoms with E-state index < -0.39 is 21.8 Å². The van der Waals surface area contributed by atoms with Crippen LogP contribution in [0, 0.1) is 0 Å². The third-order valence-corrected chi connectivity index (χ3v) is 2.40. The van der Waals surface area contributed by atoms with E-state index in [9.17, 15) is 30.5 Å². The molecule has 0 saturated carbocycles. The lowest BCUT2D eigenvalue weighted by Gasteiger charge is -2.17. The maximum Gasteiger partial charge on any atom is 0.393 e. The molecule has 0 aliphatic rings. The van der Waals surface area contributed by atoms with E-state index in [1.807, 2.05) is 18.7 Å². The first-order valence-electron chi connectivity index (χ1n) is 4.26. The van der Waals surface area contributed by atoms with Crippen LogP contribution in [0.5, 0.6) is 0 Å². The Hall–Kier alpha value is -1.16. The number of aryl methyl sites for hydroxylation is 1. The van der Waals surface area contributed by atoms with Crippen molar-refractivity contribution in [3.05, 3.63) is 18.7 Å². The van der Waals surface area contributed by atoms with Gasteiger partial charge in [0.05, 0.1) is 6.54 Å². The van der Waals surface area contributed by atoms with Crippen molar-refractivity contribution < 1.29 is 35.1 Å². The summed E-state index contributed by atoms with van der Waals surface area (Å²) in [5.41, 5.74) is 0. The number of nitrogens with zero attached hydrogens (tertiary/aromatic N) is 1. The van der Waals surface area contributed by atoms with Crippen molar-refractivity contribution in [1.29, 1.82) is 0 Å². The summed E-state index contributed by atoms with van der Waals surface area (Å²) in [5, 5.41) is -5.48. The Morgan fingerprint density at radius 2 is 2.00 bits per heavy atom. The molecule has 100 valence electrons. The molecule has 0 fully saturated rings. The average molecular weight is 278 g/mol. The molecule has 1 aromatic heterocycles. The second-order valence-electron chi connectivity index (χ2n) is 2.76. The lowest BCUT2D eigenvalue weighted by Crippen LogP contribution is -2.36. The molecular weight excluding hydrogens is 268 g/mol. The molecule has 1 rings (SSSR count). The maximum absolute atomic E-state index is 11.4. The summed E-state index contributed by atoms with van der Waals surface area (Å²) in [6.45, 7) is 3.15. The van der Waals surface area contributed by atoms with E-state index in [2.05, 4.69) is 16.5 Å². The van der Waals surface area contributed by atoms with Crippen molar-refractivity contribution in [3.8, 4) is 0 Å². The van der Waals surface area contributed by atoms with Gasteiger partial charge in [-0.1, -0.05) is 0 Å². The molecule has 5 nitrogen and oxygen atoms in total. The van der Waals surface area contributed by atoms with E-state index in [-0.39, 0.29) is 0 Å². The molecule has 0 unspecified atom stereocenters. The van der Waals surface area contributed by atoms with Gasteiger partial charge in [-0.3, -0.25) is 4.98 Å². The lowest BCUT2D eigenvalue weighted by atomic mass is 10.7. The second-order valence-corrected chi connectivity index (χ2v) is 4.21. The number of H-pyrrole nitrogens is 1. The van der Waals surface area contributed by atoms with Gasteiger partial charge in [0.1, 0.15) is 12.4 Å². The van der Waals surface area contributed by atoms with Crippen LogP contribution in [0.4, 0.5) is 17.6 Å². The first-order valence-corrected chi connectivity index (χ1v) is 5.67. The molecule has 0 amide bonds. The average Bonchev–Trinajstić information content (AvgIpc) is 2.68. The minimum absolute atomic E-state index is 1.05. The number of alkyl halides is 4. The van der Waals surface area contributed by atoms with Crippen LogP contribution in [-0.2, 0) is 16.7 Å². The van der Waals surface area contributed by atoms with Crippen molar-refractivity contribution in [2.24, 2.45) is 0 Å². The quantitative estimate of drug-likeness (QED) is 0.502. The first-order chi connectivity index (χ1) is 7.63.